The van der Waals surface area contributed by atoms with E-state index in [4.69, 9.17) is 4.74 Å². The van der Waals surface area contributed by atoms with Gasteiger partial charge in [0.1, 0.15) is 0 Å². The normalized spacial score (nSPS) is 15.9. The molecule has 0 bridgehead atoms. The van der Waals surface area contributed by atoms with E-state index in [1.54, 1.807) is 0 Å². The number of piperidine rings is 1. The van der Waals surface area contributed by atoms with E-state index >= 15 is 0 Å². The van der Waals surface area contributed by atoms with Crippen LogP contribution in [0.5, 0.6) is 5.88 Å². The van der Waals surface area contributed by atoms with Crippen molar-refractivity contribution in [2.75, 3.05) is 38.7 Å². The van der Waals surface area contributed by atoms with Crippen molar-refractivity contribution in [3.63, 3.8) is 0 Å². The first-order valence-electron chi connectivity index (χ1n) is 6.73. The average molecular weight is 280 g/mol. The molecular weight excluding hydrogens is 260 g/mol. The summed E-state index contributed by atoms with van der Waals surface area (Å²) in [7, 11) is 3.35. The molecule has 1 aliphatic rings. The fourth-order valence-corrected chi connectivity index (χ4v) is 2.50. The van der Waals surface area contributed by atoms with Gasteiger partial charge < -0.3 is 15.0 Å². The van der Waals surface area contributed by atoms with Crippen LogP contribution in [0.3, 0.4) is 0 Å². The highest BCUT2D eigenvalue weighted by Crippen LogP contribution is 2.28. The summed E-state index contributed by atoms with van der Waals surface area (Å²) in [4.78, 5) is 16.8. The maximum absolute atomic E-state index is 11.1. The molecule has 7 heteroatoms. The Bertz CT molecular complexity index is 475. The Labute approximate surface area is 118 Å². The first-order valence-corrected chi connectivity index (χ1v) is 6.73. The topological polar surface area (TPSA) is 80.5 Å². The lowest BCUT2D eigenvalue weighted by atomic mass is 9.98. The van der Waals surface area contributed by atoms with Crippen LogP contribution in [0.1, 0.15) is 12.8 Å². The number of pyridine rings is 1. The van der Waals surface area contributed by atoms with E-state index in [0.29, 0.717) is 17.6 Å². The number of anilines is 1. The summed E-state index contributed by atoms with van der Waals surface area (Å²) in [5.41, 5.74) is 0.0160. The van der Waals surface area contributed by atoms with Crippen molar-refractivity contribution in [2.45, 2.75) is 12.8 Å². The average Bonchev–Trinajstić information content (AvgIpc) is 2.47. The van der Waals surface area contributed by atoms with E-state index < -0.39 is 4.92 Å². The van der Waals surface area contributed by atoms with E-state index in [9.17, 15) is 10.1 Å². The molecule has 2 rings (SSSR count). The van der Waals surface area contributed by atoms with Gasteiger partial charge in [-0.25, -0.2) is 0 Å². The molecule has 1 N–H and O–H groups in total. The Morgan fingerprint density at radius 1 is 1.50 bits per heavy atom. The summed E-state index contributed by atoms with van der Waals surface area (Å²) in [6.07, 6.45) is 2.17. The maximum atomic E-state index is 11.1. The predicted molar refractivity (Wildman–Crippen MR) is 76.3 cm³/mol. The van der Waals surface area contributed by atoms with Crippen LogP contribution in [0, 0.1) is 16.0 Å². The Morgan fingerprint density at radius 2 is 2.20 bits per heavy atom. The zero-order valence-electron chi connectivity index (χ0n) is 11.8. The summed E-state index contributed by atoms with van der Waals surface area (Å²) >= 11 is 0. The number of hydrogen-bond donors (Lipinski definition) is 1. The molecule has 0 amide bonds. The predicted octanol–water partition coefficient (Wildman–Crippen LogP) is 1.43. The van der Waals surface area contributed by atoms with E-state index in [1.807, 2.05) is 11.9 Å². The fraction of sp³-hybridized carbons (Fsp3) is 0.615. The third-order valence-corrected chi connectivity index (χ3v) is 3.59. The van der Waals surface area contributed by atoms with Gasteiger partial charge in [-0.1, -0.05) is 0 Å². The van der Waals surface area contributed by atoms with Crippen LogP contribution in [0.15, 0.2) is 12.1 Å². The highest BCUT2D eigenvalue weighted by atomic mass is 16.6. The van der Waals surface area contributed by atoms with Gasteiger partial charge in [0.05, 0.1) is 12.0 Å². The van der Waals surface area contributed by atoms with Crippen LogP contribution in [0.25, 0.3) is 0 Å². The van der Waals surface area contributed by atoms with Gasteiger partial charge in [-0.2, -0.15) is 4.98 Å². The second kappa shape index (κ2) is 6.51. The first kappa shape index (κ1) is 14.5. The van der Waals surface area contributed by atoms with Crippen LogP contribution in [-0.4, -0.2) is 43.7 Å². The minimum atomic E-state index is -0.402. The van der Waals surface area contributed by atoms with Crippen molar-refractivity contribution >= 4 is 11.5 Å². The summed E-state index contributed by atoms with van der Waals surface area (Å²) in [5.74, 6) is 1.30. The lowest BCUT2D eigenvalue weighted by Gasteiger charge is -2.28. The number of ether oxygens (including phenoxy) is 1. The summed E-state index contributed by atoms with van der Waals surface area (Å²) < 4.78 is 5.06. The molecule has 0 aliphatic carbocycles. The molecular formula is C13H20N4O3. The zero-order valence-corrected chi connectivity index (χ0v) is 11.8. The molecule has 0 spiro atoms. The van der Waals surface area contributed by atoms with Crippen molar-refractivity contribution in [1.82, 2.24) is 10.3 Å². The monoisotopic (exact) mass is 280 g/mol. The van der Waals surface area contributed by atoms with Gasteiger partial charge in [0, 0.05) is 25.7 Å². The molecule has 110 valence electrons. The summed E-state index contributed by atoms with van der Waals surface area (Å²) in [6.45, 7) is 2.78. The molecule has 0 radical (unpaired) electrons. The molecule has 0 unspecified atom stereocenters. The van der Waals surface area contributed by atoms with Crippen LogP contribution >= 0.6 is 0 Å². The fourth-order valence-electron chi connectivity index (χ4n) is 2.50. The second-order valence-corrected chi connectivity index (χ2v) is 5.03. The van der Waals surface area contributed by atoms with E-state index in [-0.39, 0.29) is 5.69 Å². The number of nitrogens with one attached hydrogen (secondary N) is 1. The standard InChI is InChI=1S/C13H20N4O3/c1-16(9-10-5-7-14-8-6-10)13-11(17(18)19)3-4-12(15-13)20-2/h3-4,10,14H,5-9H2,1-2H3. The number of aromatic nitrogens is 1. The van der Waals surface area contributed by atoms with E-state index in [1.165, 1.54) is 19.2 Å². The van der Waals surface area contributed by atoms with Crippen LogP contribution < -0.4 is 15.0 Å². The number of nitro groups is 1. The smallest absolute Gasteiger partial charge is 0.311 e. The SMILES string of the molecule is COc1ccc([N+](=O)[O-])c(N(C)CC2CCNCC2)n1. The highest BCUT2D eigenvalue weighted by Gasteiger charge is 2.23. The zero-order chi connectivity index (χ0) is 14.5. The molecule has 0 aromatic carbocycles. The molecule has 1 fully saturated rings. The number of hydrogen-bond acceptors (Lipinski definition) is 6. The molecule has 1 saturated heterocycles. The molecule has 0 atom stereocenters. The molecule has 20 heavy (non-hydrogen) atoms. The van der Waals surface area contributed by atoms with Crippen LogP contribution in [0.4, 0.5) is 11.5 Å². The Kier molecular flexibility index (Phi) is 4.73. The molecule has 1 aliphatic heterocycles. The Morgan fingerprint density at radius 3 is 2.80 bits per heavy atom. The number of methoxy groups -OCH3 is 1. The van der Waals surface area contributed by atoms with Crippen LogP contribution in [0.2, 0.25) is 0 Å². The molecule has 7 nitrogen and oxygen atoms in total. The first-order chi connectivity index (χ1) is 9.61. The maximum Gasteiger partial charge on any atom is 0.311 e. The third-order valence-electron chi connectivity index (χ3n) is 3.59. The van der Waals surface area contributed by atoms with Gasteiger partial charge in [-0.05, 0) is 31.8 Å². The van der Waals surface area contributed by atoms with Gasteiger partial charge in [-0.3, -0.25) is 10.1 Å². The Balaban J connectivity index is 2.17. The van der Waals surface area contributed by atoms with Crippen molar-refractivity contribution < 1.29 is 9.66 Å². The van der Waals surface area contributed by atoms with Gasteiger partial charge in [0.15, 0.2) is 0 Å². The van der Waals surface area contributed by atoms with Crippen molar-refractivity contribution in [3.05, 3.63) is 22.2 Å². The Hall–Kier alpha value is -1.89. The molecule has 1 aromatic heterocycles. The summed E-state index contributed by atoms with van der Waals surface area (Å²) in [6, 6.07) is 2.96. The quantitative estimate of drug-likeness (QED) is 0.649. The minimum absolute atomic E-state index is 0.0160. The largest absolute Gasteiger partial charge is 0.481 e. The van der Waals surface area contributed by atoms with E-state index in [2.05, 4.69) is 10.3 Å². The van der Waals surface area contributed by atoms with Crippen molar-refractivity contribution in [1.29, 1.82) is 0 Å². The molecule has 1 aromatic rings. The van der Waals surface area contributed by atoms with Gasteiger partial charge in [0.25, 0.3) is 0 Å². The van der Waals surface area contributed by atoms with Crippen molar-refractivity contribution in [3.8, 4) is 5.88 Å². The van der Waals surface area contributed by atoms with Gasteiger partial charge in [0.2, 0.25) is 11.7 Å². The van der Waals surface area contributed by atoms with Gasteiger partial charge >= 0.3 is 5.69 Å². The number of nitrogens with zero attached hydrogens (tertiary/aromatic N) is 3. The molecule has 2 heterocycles. The van der Waals surface area contributed by atoms with Gasteiger partial charge in [-0.15, -0.1) is 0 Å². The number of rotatable bonds is 5. The minimum Gasteiger partial charge on any atom is -0.481 e. The lowest BCUT2D eigenvalue weighted by molar-refractivity contribution is -0.384. The highest BCUT2D eigenvalue weighted by molar-refractivity contribution is 5.58. The lowest BCUT2D eigenvalue weighted by Crippen LogP contribution is -2.35. The third kappa shape index (κ3) is 3.36. The van der Waals surface area contributed by atoms with E-state index in [0.717, 1.165) is 32.5 Å². The van der Waals surface area contributed by atoms with Crippen LogP contribution in [-0.2, 0) is 0 Å². The molecule has 0 saturated carbocycles. The summed E-state index contributed by atoms with van der Waals surface area (Å²) in [5, 5.41) is 14.4. The second-order valence-electron chi connectivity index (χ2n) is 5.03. The van der Waals surface area contributed by atoms with Crippen molar-refractivity contribution in [2.24, 2.45) is 5.92 Å².